The lowest BCUT2D eigenvalue weighted by molar-refractivity contribution is 0.669. The largest absolute Gasteiger partial charge is 0.454 e. The molecular weight excluding hydrogens is 687 g/mol. The van der Waals surface area contributed by atoms with Gasteiger partial charge in [0.2, 0.25) is 0 Å². The number of fused-ring (bicyclic) bond motifs is 7. The molecule has 0 saturated heterocycles. The number of thiophene rings is 1. The van der Waals surface area contributed by atoms with Gasteiger partial charge in [0, 0.05) is 47.6 Å². The highest BCUT2D eigenvalue weighted by atomic mass is 32.1. The zero-order valence-electron chi connectivity index (χ0n) is 29.8. The first-order valence-electron chi connectivity index (χ1n) is 18.7. The van der Waals surface area contributed by atoms with E-state index in [1.807, 2.05) is 17.4 Å². The van der Waals surface area contributed by atoms with E-state index in [1.54, 1.807) is 0 Å². The molecule has 2 heterocycles. The van der Waals surface area contributed by atoms with Crippen molar-refractivity contribution in [3.8, 4) is 33.4 Å². The number of anilines is 3. The molecule has 0 spiro atoms. The van der Waals surface area contributed by atoms with Crippen LogP contribution >= 0.6 is 11.3 Å². The molecule has 11 rings (SSSR count). The molecule has 0 aliphatic heterocycles. The van der Waals surface area contributed by atoms with Crippen molar-refractivity contribution >= 4 is 81.3 Å². The Morgan fingerprint density at radius 1 is 0.364 bits per heavy atom. The molecule has 3 heteroatoms. The SMILES string of the molecule is c1ccc(-c2ccc3c(oc4ccccc43)c2N(c2ccc(-c3cccc4sc5ccccc5c34)cc2)c2ccc(-c3ccccc3)c3ccccc23)cc1. The van der Waals surface area contributed by atoms with Crippen LogP contribution < -0.4 is 4.90 Å². The van der Waals surface area contributed by atoms with Crippen molar-refractivity contribution in [1.82, 2.24) is 0 Å². The third kappa shape index (κ3) is 5.16. The van der Waals surface area contributed by atoms with Gasteiger partial charge in [0.25, 0.3) is 0 Å². The van der Waals surface area contributed by atoms with E-state index in [9.17, 15) is 0 Å². The molecule has 2 nitrogen and oxygen atoms in total. The Morgan fingerprint density at radius 3 is 1.75 bits per heavy atom. The summed E-state index contributed by atoms with van der Waals surface area (Å²) >= 11 is 1.86. The molecule has 11 aromatic rings. The van der Waals surface area contributed by atoms with Crippen LogP contribution in [0.4, 0.5) is 17.1 Å². The van der Waals surface area contributed by atoms with E-state index in [0.29, 0.717) is 0 Å². The predicted molar refractivity (Wildman–Crippen MR) is 235 cm³/mol. The summed E-state index contributed by atoms with van der Waals surface area (Å²) in [6, 6.07) is 72.1. The van der Waals surface area contributed by atoms with Crippen LogP contribution in [-0.4, -0.2) is 0 Å². The molecule has 55 heavy (non-hydrogen) atoms. The van der Waals surface area contributed by atoms with E-state index >= 15 is 0 Å². The van der Waals surface area contributed by atoms with Crippen molar-refractivity contribution in [2.45, 2.75) is 0 Å². The van der Waals surface area contributed by atoms with Gasteiger partial charge in [-0.1, -0.05) is 158 Å². The summed E-state index contributed by atoms with van der Waals surface area (Å²) in [6.07, 6.45) is 0. The van der Waals surface area contributed by atoms with Gasteiger partial charge in [-0.05, 0) is 75.7 Å². The molecule has 0 atom stereocenters. The Balaban J connectivity index is 1.20. The standard InChI is InChI=1S/C52H33NOS/c1-3-14-34(15-4-1)38-32-33-46(42-19-8-7-18-41(38)42)53(37-28-26-36(27-29-37)39-22-13-25-49-50(39)45-21-10-12-24-48(45)55-49)51-40(35-16-5-2-6-17-35)30-31-44-43-20-9-11-23-47(43)54-52(44)51/h1-33H. The van der Waals surface area contributed by atoms with Gasteiger partial charge in [-0.3, -0.25) is 0 Å². The lowest BCUT2D eigenvalue weighted by Crippen LogP contribution is -2.12. The molecule has 0 N–H and O–H groups in total. The number of hydrogen-bond donors (Lipinski definition) is 0. The van der Waals surface area contributed by atoms with Crippen LogP contribution in [0.1, 0.15) is 0 Å². The third-order valence-corrected chi connectivity index (χ3v) is 12.0. The maximum atomic E-state index is 6.91. The van der Waals surface area contributed by atoms with E-state index in [2.05, 4.69) is 199 Å². The first-order chi connectivity index (χ1) is 27.3. The van der Waals surface area contributed by atoms with Crippen LogP contribution in [0.15, 0.2) is 205 Å². The first-order valence-corrected chi connectivity index (χ1v) is 19.5. The second-order valence-electron chi connectivity index (χ2n) is 14.0. The molecule has 0 aliphatic carbocycles. The summed E-state index contributed by atoms with van der Waals surface area (Å²) in [4.78, 5) is 2.43. The molecule has 0 amide bonds. The molecule has 0 radical (unpaired) electrons. The molecule has 0 aliphatic rings. The van der Waals surface area contributed by atoms with Crippen LogP contribution in [0, 0.1) is 0 Å². The van der Waals surface area contributed by atoms with Crippen molar-refractivity contribution in [3.63, 3.8) is 0 Å². The average Bonchev–Trinajstić information content (AvgIpc) is 3.84. The summed E-state index contributed by atoms with van der Waals surface area (Å²) in [5, 5.41) is 7.17. The Bertz CT molecular complexity index is 3190. The fourth-order valence-corrected chi connectivity index (χ4v) is 9.52. The average molecular weight is 720 g/mol. The molecule has 0 bridgehead atoms. The first kappa shape index (κ1) is 31.6. The quantitative estimate of drug-likeness (QED) is 0.170. The van der Waals surface area contributed by atoms with Gasteiger partial charge in [-0.25, -0.2) is 0 Å². The summed E-state index contributed by atoms with van der Waals surface area (Å²) < 4.78 is 9.52. The van der Waals surface area contributed by atoms with Crippen LogP contribution in [0.3, 0.4) is 0 Å². The molecule has 258 valence electrons. The van der Waals surface area contributed by atoms with Crippen molar-refractivity contribution in [2.24, 2.45) is 0 Å². The lowest BCUT2D eigenvalue weighted by atomic mass is 9.94. The van der Waals surface area contributed by atoms with E-state index in [1.165, 1.54) is 47.8 Å². The van der Waals surface area contributed by atoms with Gasteiger partial charge < -0.3 is 9.32 Å². The Labute approximate surface area is 322 Å². The van der Waals surface area contributed by atoms with Gasteiger partial charge in [-0.2, -0.15) is 0 Å². The van der Waals surface area contributed by atoms with Gasteiger partial charge in [0.15, 0.2) is 5.58 Å². The summed E-state index contributed by atoms with van der Waals surface area (Å²) in [5.41, 5.74) is 11.9. The van der Waals surface area contributed by atoms with Gasteiger partial charge in [-0.15, -0.1) is 11.3 Å². The van der Waals surface area contributed by atoms with Crippen LogP contribution in [0.5, 0.6) is 0 Å². The highest BCUT2D eigenvalue weighted by Crippen LogP contribution is 2.50. The molecule has 0 unspecified atom stereocenters. The maximum Gasteiger partial charge on any atom is 0.160 e. The minimum absolute atomic E-state index is 0.859. The highest BCUT2D eigenvalue weighted by Gasteiger charge is 2.26. The second-order valence-corrected chi connectivity index (χ2v) is 15.1. The molecular formula is C52H33NOS. The minimum Gasteiger partial charge on any atom is -0.454 e. The zero-order chi connectivity index (χ0) is 36.3. The normalized spacial score (nSPS) is 11.6. The van der Waals surface area contributed by atoms with Crippen LogP contribution in [0.25, 0.3) is 86.3 Å². The Morgan fingerprint density at radius 2 is 0.964 bits per heavy atom. The topological polar surface area (TPSA) is 16.4 Å². The van der Waals surface area contributed by atoms with Crippen LogP contribution in [-0.2, 0) is 0 Å². The summed E-state index contributed by atoms with van der Waals surface area (Å²) in [7, 11) is 0. The van der Waals surface area contributed by atoms with Crippen molar-refractivity contribution < 1.29 is 4.42 Å². The second kappa shape index (κ2) is 12.9. The van der Waals surface area contributed by atoms with Gasteiger partial charge >= 0.3 is 0 Å². The van der Waals surface area contributed by atoms with E-state index in [-0.39, 0.29) is 0 Å². The number of furan rings is 1. The van der Waals surface area contributed by atoms with Gasteiger partial charge in [0.1, 0.15) is 5.58 Å². The van der Waals surface area contributed by atoms with E-state index in [0.717, 1.165) is 55.5 Å². The molecule has 9 aromatic carbocycles. The monoisotopic (exact) mass is 719 g/mol. The van der Waals surface area contributed by atoms with E-state index in [4.69, 9.17) is 4.42 Å². The summed E-state index contributed by atoms with van der Waals surface area (Å²) in [5.74, 6) is 0. The van der Waals surface area contributed by atoms with Crippen molar-refractivity contribution in [2.75, 3.05) is 4.90 Å². The number of benzene rings is 9. The zero-order valence-corrected chi connectivity index (χ0v) is 30.6. The molecule has 2 aromatic heterocycles. The Hall–Kier alpha value is -6.94. The number of nitrogens with zero attached hydrogens (tertiary/aromatic N) is 1. The van der Waals surface area contributed by atoms with Gasteiger partial charge in [0.05, 0.1) is 11.4 Å². The highest BCUT2D eigenvalue weighted by molar-refractivity contribution is 7.25. The fraction of sp³-hybridized carbons (Fsp3) is 0. The minimum atomic E-state index is 0.859. The smallest absolute Gasteiger partial charge is 0.160 e. The molecule has 0 saturated carbocycles. The van der Waals surface area contributed by atoms with Crippen LogP contribution in [0.2, 0.25) is 0 Å². The van der Waals surface area contributed by atoms with E-state index < -0.39 is 0 Å². The van der Waals surface area contributed by atoms with Crippen molar-refractivity contribution in [3.05, 3.63) is 200 Å². The maximum absolute atomic E-state index is 6.91. The predicted octanol–water partition coefficient (Wildman–Crippen LogP) is 15.6. The van der Waals surface area contributed by atoms with Crippen molar-refractivity contribution in [1.29, 1.82) is 0 Å². The fourth-order valence-electron chi connectivity index (χ4n) is 8.39. The number of para-hydroxylation sites is 1. The number of hydrogen-bond acceptors (Lipinski definition) is 3. The third-order valence-electron chi connectivity index (χ3n) is 10.9. The summed E-state index contributed by atoms with van der Waals surface area (Å²) in [6.45, 7) is 0. The lowest BCUT2D eigenvalue weighted by Gasteiger charge is -2.30. The Kier molecular flexibility index (Phi) is 7.39. The molecule has 0 fully saturated rings. The number of rotatable bonds is 6.